The van der Waals surface area contributed by atoms with Gasteiger partial charge in [-0.3, -0.25) is 4.79 Å². The average molecular weight is 313 g/mol. The van der Waals surface area contributed by atoms with Gasteiger partial charge in [-0.2, -0.15) is 0 Å². The Kier molecular flexibility index (Phi) is 4.73. The maximum atomic E-state index is 12.0. The van der Waals surface area contributed by atoms with Gasteiger partial charge in [0.05, 0.1) is 24.7 Å². The zero-order valence-corrected chi connectivity index (χ0v) is 12.9. The molecule has 1 saturated heterocycles. The molecule has 1 atom stereocenters. The lowest BCUT2D eigenvalue weighted by Crippen LogP contribution is -2.27. The van der Waals surface area contributed by atoms with E-state index in [2.05, 4.69) is 15.6 Å². The summed E-state index contributed by atoms with van der Waals surface area (Å²) >= 11 is 0. The maximum absolute atomic E-state index is 12.0. The number of nitrogens with zero attached hydrogens (tertiary/aromatic N) is 1. The van der Waals surface area contributed by atoms with E-state index in [-0.39, 0.29) is 12.0 Å². The number of nitrogens with one attached hydrogen (secondary N) is 2. The second-order valence-electron chi connectivity index (χ2n) is 5.25. The Labute approximate surface area is 134 Å². The molecule has 23 heavy (non-hydrogen) atoms. The van der Waals surface area contributed by atoms with Crippen LogP contribution in [0.5, 0.6) is 5.75 Å². The van der Waals surface area contributed by atoms with Gasteiger partial charge >= 0.3 is 0 Å². The molecule has 2 heterocycles. The number of methoxy groups -OCH3 is 1. The Morgan fingerprint density at radius 2 is 2.17 bits per heavy atom. The van der Waals surface area contributed by atoms with Crippen molar-refractivity contribution >= 4 is 23.1 Å². The molecule has 3 rings (SSSR count). The van der Waals surface area contributed by atoms with E-state index in [1.807, 2.05) is 30.3 Å². The summed E-state index contributed by atoms with van der Waals surface area (Å²) in [5, 5.41) is 6.00. The molecule has 0 aliphatic carbocycles. The number of rotatable bonds is 5. The highest BCUT2D eigenvalue weighted by atomic mass is 16.5. The zero-order valence-electron chi connectivity index (χ0n) is 12.9. The third-order valence-corrected chi connectivity index (χ3v) is 3.62. The van der Waals surface area contributed by atoms with E-state index >= 15 is 0 Å². The van der Waals surface area contributed by atoms with Gasteiger partial charge in [-0.25, -0.2) is 4.98 Å². The van der Waals surface area contributed by atoms with E-state index in [1.165, 1.54) is 0 Å². The lowest BCUT2D eigenvalue weighted by Gasteiger charge is -2.12. The van der Waals surface area contributed by atoms with Gasteiger partial charge in [-0.05, 0) is 37.1 Å². The fourth-order valence-corrected chi connectivity index (χ4v) is 2.44. The van der Waals surface area contributed by atoms with Gasteiger partial charge in [0, 0.05) is 6.61 Å². The lowest BCUT2D eigenvalue weighted by atomic mass is 10.2. The van der Waals surface area contributed by atoms with Crippen LogP contribution in [-0.2, 0) is 9.53 Å². The summed E-state index contributed by atoms with van der Waals surface area (Å²) in [6.07, 6.45) is 2.99. The van der Waals surface area contributed by atoms with E-state index in [0.717, 1.165) is 30.0 Å². The SMILES string of the molecule is COc1ccccc1Nc1ccc(NC(=O)C2CCCO2)nc1. The first kappa shape index (κ1) is 15.3. The summed E-state index contributed by atoms with van der Waals surface area (Å²) < 4.78 is 10.6. The van der Waals surface area contributed by atoms with Crippen molar-refractivity contribution < 1.29 is 14.3 Å². The summed E-state index contributed by atoms with van der Waals surface area (Å²) in [5.74, 6) is 1.12. The summed E-state index contributed by atoms with van der Waals surface area (Å²) in [4.78, 5) is 16.2. The molecule has 1 aliphatic heterocycles. The normalized spacial score (nSPS) is 16.8. The van der Waals surface area contributed by atoms with Crippen molar-refractivity contribution in [1.29, 1.82) is 0 Å². The molecule has 6 nitrogen and oxygen atoms in total. The first-order chi connectivity index (χ1) is 11.3. The summed E-state index contributed by atoms with van der Waals surface area (Å²) in [6.45, 7) is 0.646. The minimum absolute atomic E-state index is 0.138. The van der Waals surface area contributed by atoms with E-state index in [9.17, 15) is 4.79 Å². The fraction of sp³-hybridized carbons (Fsp3) is 0.294. The van der Waals surface area contributed by atoms with Crippen LogP contribution < -0.4 is 15.4 Å². The number of carbonyl (C=O) groups is 1. The first-order valence-corrected chi connectivity index (χ1v) is 7.55. The average Bonchev–Trinajstić information content (AvgIpc) is 3.12. The number of aromatic nitrogens is 1. The molecule has 0 bridgehead atoms. The van der Waals surface area contributed by atoms with Crippen molar-refractivity contribution in [3.05, 3.63) is 42.6 Å². The molecule has 1 fully saturated rings. The second kappa shape index (κ2) is 7.11. The summed E-state index contributed by atoms with van der Waals surface area (Å²) in [6, 6.07) is 11.2. The lowest BCUT2D eigenvalue weighted by molar-refractivity contribution is -0.124. The first-order valence-electron chi connectivity index (χ1n) is 7.55. The number of amides is 1. The van der Waals surface area contributed by atoms with Crippen molar-refractivity contribution in [2.75, 3.05) is 24.4 Å². The zero-order chi connectivity index (χ0) is 16.1. The van der Waals surface area contributed by atoms with Crippen LogP contribution in [0.25, 0.3) is 0 Å². The summed E-state index contributed by atoms with van der Waals surface area (Å²) in [7, 11) is 1.63. The predicted molar refractivity (Wildman–Crippen MR) is 88.1 cm³/mol. The number of ether oxygens (including phenoxy) is 2. The maximum Gasteiger partial charge on any atom is 0.254 e. The van der Waals surface area contributed by atoms with Gasteiger partial charge in [-0.15, -0.1) is 0 Å². The fourth-order valence-electron chi connectivity index (χ4n) is 2.44. The van der Waals surface area contributed by atoms with E-state index < -0.39 is 0 Å². The molecule has 1 unspecified atom stereocenters. The molecule has 2 aromatic rings. The van der Waals surface area contributed by atoms with Crippen LogP contribution in [0.3, 0.4) is 0 Å². The molecule has 0 radical (unpaired) electrons. The molecular formula is C17H19N3O3. The van der Waals surface area contributed by atoms with Gasteiger partial charge in [0.25, 0.3) is 5.91 Å². The second-order valence-corrected chi connectivity index (χ2v) is 5.25. The van der Waals surface area contributed by atoms with E-state index in [4.69, 9.17) is 9.47 Å². The Hall–Kier alpha value is -2.60. The van der Waals surface area contributed by atoms with Crippen LogP contribution in [0.1, 0.15) is 12.8 Å². The molecule has 120 valence electrons. The van der Waals surface area contributed by atoms with Crippen LogP contribution in [0.15, 0.2) is 42.6 Å². The number of carbonyl (C=O) groups excluding carboxylic acids is 1. The van der Waals surface area contributed by atoms with Gasteiger partial charge in [0.1, 0.15) is 17.7 Å². The minimum Gasteiger partial charge on any atom is -0.495 e. The molecule has 1 aromatic heterocycles. The van der Waals surface area contributed by atoms with E-state index in [0.29, 0.717) is 12.4 Å². The van der Waals surface area contributed by atoms with Gasteiger partial charge in [-0.1, -0.05) is 12.1 Å². The highest BCUT2D eigenvalue weighted by molar-refractivity contribution is 5.93. The van der Waals surface area contributed by atoms with Gasteiger partial charge in [0.2, 0.25) is 0 Å². The molecule has 1 aromatic carbocycles. The number of pyridine rings is 1. The Balaban J connectivity index is 1.63. The Morgan fingerprint density at radius 1 is 1.30 bits per heavy atom. The van der Waals surface area contributed by atoms with Crippen molar-refractivity contribution in [3.63, 3.8) is 0 Å². The Bertz CT molecular complexity index is 667. The number of hydrogen-bond acceptors (Lipinski definition) is 5. The third kappa shape index (κ3) is 3.78. The van der Waals surface area contributed by atoms with Crippen molar-refractivity contribution in [3.8, 4) is 5.75 Å². The third-order valence-electron chi connectivity index (χ3n) is 3.62. The van der Waals surface area contributed by atoms with Crippen LogP contribution in [-0.4, -0.2) is 30.7 Å². The number of para-hydroxylation sites is 2. The number of anilines is 3. The van der Waals surface area contributed by atoms with Crippen molar-refractivity contribution in [1.82, 2.24) is 4.98 Å². The van der Waals surface area contributed by atoms with Crippen LogP contribution >= 0.6 is 0 Å². The van der Waals surface area contributed by atoms with Crippen LogP contribution in [0, 0.1) is 0 Å². The summed E-state index contributed by atoms with van der Waals surface area (Å²) in [5.41, 5.74) is 1.66. The van der Waals surface area contributed by atoms with Gasteiger partial charge < -0.3 is 20.1 Å². The van der Waals surface area contributed by atoms with Crippen LogP contribution in [0.2, 0.25) is 0 Å². The quantitative estimate of drug-likeness (QED) is 0.888. The number of hydrogen-bond donors (Lipinski definition) is 2. The molecule has 1 amide bonds. The largest absolute Gasteiger partial charge is 0.495 e. The van der Waals surface area contributed by atoms with Crippen LogP contribution in [0.4, 0.5) is 17.2 Å². The molecule has 0 saturated carbocycles. The van der Waals surface area contributed by atoms with Crippen molar-refractivity contribution in [2.45, 2.75) is 18.9 Å². The number of benzene rings is 1. The molecular weight excluding hydrogens is 294 g/mol. The Morgan fingerprint density at radius 3 is 2.87 bits per heavy atom. The van der Waals surface area contributed by atoms with E-state index in [1.54, 1.807) is 19.4 Å². The molecule has 2 N–H and O–H groups in total. The molecule has 1 aliphatic rings. The van der Waals surface area contributed by atoms with Gasteiger partial charge in [0.15, 0.2) is 0 Å². The topological polar surface area (TPSA) is 72.5 Å². The standard InChI is InChI=1S/C17H19N3O3/c1-22-14-6-3-2-5-13(14)19-12-8-9-16(18-11-12)20-17(21)15-7-4-10-23-15/h2-3,5-6,8-9,11,15,19H,4,7,10H2,1H3,(H,18,20,21). The smallest absolute Gasteiger partial charge is 0.254 e. The van der Waals surface area contributed by atoms with Crippen molar-refractivity contribution in [2.24, 2.45) is 0 Å². The predicted octanol–water partition coefficient (Wildman–Crippen LogP) is 2.95. The highest BCUT2D eigenvalue weighted by Gasteiger charge is 2.23. The molecule has 0 spiro atoms. The highest BCUT2D eigenvalue weighted by Crippen LogP contribution is 2.27. The molecule has 6 heteroatoms. The minimum atomic E-state index is -0.358. The monoisotopic (exact) mass is 313 g/mol.